The molecule has 1 aliphatic heterocycles. The van der Waals surface area contributed by atoms with E-state index in [9.17, 15) is 19.5 Å². The van der Waals surface area contributed by atoms with Crippen LogP contribution in [0, 0.1) is 0 Å². The minimum absolute atomic E-state index is 0.0153. The lowest BCUT2D eigenvalue weighted by Crippen LogP contribution is -2.28. The van der Waals surface area contributed by atoms with E-state index in [1.54, 1.807) is 42.5 Å². The standard InChI is InChI=1S/C28H30N4O5/c1-31-15-4-16-32(18-17-31)21-11-7-19(8-12-21)27(34)30-25-23(28(35)36)5-3-6-24(25)29-26(33)20-9-13-22(37-2)14-10-20/h3,5-14H,4,15-18H2,1-2H3,(H,29,33)(H,30,34)(H,35,36). The number of methoxy groups -OCH3 is 1. The van der Waals surface area contributed by atoms with E-state index < -0.39 is 17.8 Å². The summed E-state index contributed by atoms with van der Waals surface area (Å²) < 4.78 is 5.12. The Hall–Kier alpha value is -4.37. The Balaban J connectivity index is 1.53. The predicted molar refractivity (Wildman–Crippen MR) is 143 cm³/mol. The zero-order valence-corrected chi connectivity index (χ0v) is 20.9. The van der Waals surface area contributed by atoms with Gasteiger partial charge >= 0.3 is 5.97 Å². The molecule has 9 nitrogen and oxygen atoms in total. The largest absolute Gasteiger partial charge is 0.497 e. The number of benzene rings is 3. The number of hydrogen-bond donors (Lipinski definition) is 3. The Morgan fingerprint density at radius 3 is 2.11 bits per heavy atom. The molecule has 3 aromatic carbocycles. The highest BCUT2D eigenvalue weighted by Gasteiger charge is 2.20. The van der Waals surface area contributed by atoms with Crippen LogP contribution < -0.4 is 20.3 Å². The number of carboxylic acid groups (broad SMARTS) is 1. The zero-order valence-electron chi connectivity index (χ0n) is 20.9. The Morgan fingerprint density at radius 2 is 1.46 bits per heavy atom. The van der Waals surface area contributed by atoms with E-state index in [0.29, 0.717) is 16.9 Å². The molecule has 0 saturated carbocycles. The van der Waals surface area contributed by atoms with Gasteiger partial charge in [-0.2, -0.15) is 0 Å². The average molecular weight is 503 g/mol. The number of nitrogens with one attached hydrogen (secondary N) is 2. The minimum Gasteiger partial charge on any atom is -0.497 e. The quantitative estimate of drug-likeness (QED) is 0.447. The Labute approximate surface area is 215 Å². The third-order valence-corrected chi connectivity index (χ3v) is 6.35. The SMILES string of the molecule is COc1ccc(C(=O)Nc2cccc(C(=O)O)c2NC(=O)c2ccc(N3CCCN(C)CC3)cc2)cc1. The molecule has 1 heterocycles. The Kier molecular flexibility index (Phi) is 8.05. The number of likely N-dealkylation sites (N-methyl/N-ethyl adjacent to an activating group) is 1. The normalized spacial score (nSPS) is 13.9. The van der Waals surface area contributed by atoms with E-state index in [-0.39, 0.29) is 16.9 Å². The van der Waals surface area contributed by atoms with E-state index in [1.807, 2.05) is 12.1 Å². The fourth-order valence-corrected chi connectivity index (χ4v) is 4.22. The summed E-state index contributed by atoms with van der Waals surface area (Å²) in [5, 5.41) is 15.1. The topological polar surface area (TPSA) is 111 Å². The first-order valence-electron chi connectivity index (χ1n) is 12.0. The highest BCUT2D eigenvalue weighted by atomic mass is 16.5. The molecule has 4 rings (SSSR count). The lowest BCUT2D eigenvalue weighted by Gasteiger charge is -2.23. The Bertz CT molecular complexity index is 1270. The second-order valence-corrected chi connectivity index (χ2v) is 8.86. The smallest absolute Gasteiger partial charge is 0.337 e. The molecule has 0 unspecified atom stereocenters. The molecule has 1 fully saturated rings. The van der Waals surface area contributed by atoms with Crippen molar-refractivity contribution in [1.82, 2.24) is 4.90 Å². The molecule has 0 radical (unpaired) electrons. The molecule has 0 aliphatic carbocycles. The van der Waals surface area contributed by atoms with Crippen molar-refractivity contribution >= 4 is 34.8 Å². The maximum absolute atomic E-state index is 13.1. The van der Waals surface area contributed by atoms with Gasteiger partial charge in [-0.3, -0.25) is 9.59 Å². The molecule has 37 heavy (non-hydrogen) atoms. The van der Waals surface area contributed by atoms with E-state index >= 15 is 0 Å². The number of nitrogens with zero attached hydrogens (tertiary/aromatic N) is 2. The molecule has 0 spiro atoms. The van der Waals surface area contributed by atoms with Crippen molar-refractivity contribution < 1.29 is 24.2 Å². The van der Waals surface area contributed by atoms with Crippen molar-refractivity contribution in [3.63, 3.8) is 0 Å². The fourth-order valence-electron chi connectivity index (χ4n) is 4.22. The summed E-state index contributed by atoms with van der Waals surface area (Å²) in [5.74, 6) is -1.55. The van der Waals surface area contributed by atoms with Crippen molar-refractivity contribution in [2.45, 2.75) is 6.42 Å². The molecule has 0 aromatic heterocycles. The molecule has 2 amide bonds. The van der Waals surface area contributed by atoms with Crippen molar-refractivity contribution in [2.24, 2.45) is 0 Å². The number of para-hydroxylation sites is 1. The molecule has 192 valence electrons. The molecule has 9 heteroatoms. The van der Waals surface area contributed by atoms with Gasteiger partial charge in [0.15, 0.2) is 0 Å². The van der Waals surface area contributed by atoms with Crippen molar-refractivity contribution in [1.29, 1.82) is 0 Å². The van der Waals surface area contributed by atoms with Gasteiger partial charge in [0.1, 0.15) is 5.75 Å². The third kappa shape index (κ3) is 6.25. The highest BCUT2D eigenvalue weighted by molar-refractivity contribution is 6.13. The number of rotatable bonds is 7. The van der Waals surface area contributed by atoms with Crippen LogP contribution in [-0.2, 0) is 0 Å². The van der Waals surface area contributed by atoms with Gasteiger partial charge in [0.05, 0.1) is 24.0 Å². The summed E-state index contributed by atoms with van der Waals surface area (Å²) in [5.41, 5.74) is 1.83. The van der Waals surface area contributed by atoms with Gasteiger partial charge in [-0.25, -0.2) is 4.79 Å². The van der Waals surface area contributed by atoms with Gasteiger partial charge in [-0.15, -0.1) is 0 Å². The van der Waals surface area contributed by atoms with Gasteiger partial charge in [-0.05, 0) is 80.7 Å². The molecular weight excluding hydrogens is 472 g/mol. The predicted octanol–water partition coefficient (Wildman–Crippen LogP) is 4.04. The zero-order chi connectivity index (χ0) is 26.4. The van der Waals surface area contributed by atoms with Crippen LogP contribution in [0.5, 0.6) is 5.75 Å². The monoisotopic (exact) mass is 502 g/mol. The minimum atomic E-state index is -1.22. The molecule has 0 atom stereocenters. The van der Waals surface area contributed by atoms with Gasteiger partial charge in [0.2, 0.25) is 0 Å². The van der Waals surface area contributed by atoms with Gasteiger partial charge in [0.25, 0.3) is 11.8 Å². The summed E-state index contributed by atoms with van der Waals surface area (Å²) in [4.78, 5) is 42.4. The maximum Gasteiger partial charge on any atom is 0.337 e. The number of carboxylic acids is 1. The molecule has 3 N–H and O–H groups in total. The summed E-state index contributed by atoms with van der Waals surface area (Å²) in [7, 11) is 3.64. The van der Waals surface area contributed by atoms with E-state index in [2.05, 4.69) is 27.5 Å². The number of carbonyl (C=O) groups is 3. The van der Waals surface area contributed by atoms with E-state index in [0.717, 1.165) is 38.3 Å². The number of ether oxygens (including phenoxy) is 1. The van der Waals surface area contributed by atoms with Crippen molar-refractivity contribution in [2.75, 3.05) is 55.9 Å². The van der Waals surface area contributed by atoms with Crippen LogP contribution in [0.3, 0.4) is 0 Å². The summed E-state index contributed by atoms with van der Waals surface area (Å²) in [6, 6.07) is 18.2. The number of anilines is 3. The summed E-state index contributed by atoms with van der Waals surface area (Å²) in [6.07, 6.45) is 1.07. The number of carbonyl (C=O) groups excluding carboxylic acids is 2. The number of hydrogen-bond acceptors (Lipinski definition) is 6. The maximum atomic E-state index is 13.1. The molecule has 1 saturated heterocycles. The molecule has 1 aliphatic rings. The van der Waals surface area contributed by atoms with E-state index in [1.165, 1.54) is 19.2 Å². The van der Waals surface area contributed by atoms with E-state index in [4.69, 9.17) is 4.74 Å². The van der Waals surface area contributed by atoms with Crippen LogP contribution in [-0.4, -0.2) is 68.1 Å². The molecular formula is C28H30N4O5. The van der Waals surface area contributed by atoms with Crippen LogP contribution >= 0.6 is 0 Å². The van der Waals surface area contributed by atoms with Crippen molar-refractivity contribution in [3.8, 4) is 5.75 Å². The lowest BCUT2D eigenvalue weighted by molar-refractivity contribution is 0.0697. The average Bonchev–Trinajstić information content (AvgIpc) is 3.13. The second kappa shape index (κ2) is 11.6. The summed E-state index contributed by atoms with van der Waals surface area (Å²) in [6.45, 7) is 3.88. The van der Waals surface area contributed by atoms with Crippen LogP contribution in [0.1, 0.15) is 37.5 Å². The molecule has 0 bridgehead atoms. The fraction of sp³-hybridized carbons (Fsp3) is 0.250. The first kappa shape index (κ1) is 25.7. The van der Waals surface area contributed by atoms with Gasteiger partial charge < -0.3 is 30.3 Å². The first-order chi connectivity index (χ1) is 17.9. The van der Waals surface area contributed by atoms with Crippen LogP contribution in [0.4, 0.5) is 17.1 Å². The second-order valence-electron chi connectivity index (χ2n) is 8.86. The van der Waals surface area contributed by atoms with Crippen LogP contribution in [0.25, 0.3) is 0 Å². The van der Waals surface area contributed by atoms with Gasteiger partial charge in [-0.1, -0.05) is 6.07 Å². The lowest BCUT2D eigenvalue weighted by atomic mass is 10.1. The number of amides is 2. The Morgan fingerprint density at radius 1 is 0.811 bits per heavy atom. The highest BCUT2D eigenvalue weighted by Crippen LogP contribution is 2.28. The van der Waals surface area contributed by atoms with Gasteiger partial charge in [0, 0.05) is 36.4 Å². The third-order valence-electron chi connectivity index (χ3n) is 6.35. The van der Waals surface area contributed by atoms with Crippen LogP contribution in [0.2, 0.25) is 0 Å². The molecule has 3 aromatic rings. The van der Waals surface area contributed by atoms with Crippen LogP contribution in [0.15, 0.2) is 66.7 Å². The number of aromatic carboxylic acids is 1. The summed E-state index contributed by atoms with van der Waals surface area (Å²) >= 11 is 0. The van der Waals surface area contributed by atoms with Crippen molar-refractivity contribution in [3.05, 3.63) is 83.4 Å². The first-order valence-corrected chi connectivity index (χ1v) is 12.0.